The molecule has 1 aromatic rings. The second kappa shape index (κ2) is 5.29. The van der Waals surface area contributed by atoms with E-state index in [2.05, 4.69) is 14.7 Å². The lowest BCUT2D eigenvalue weighted by atomic mass is 10.2. The summed E-state index contributed by atoms with van der Waals surface area (Å²) in [7, 11) is 0. The fourth-order valence-electron chi connectivity index (χ4n) is 1.09. The van der Waals surface area contributed by atoms with Crippen LogP contribution in [0.4, 0.5) is 13.2 Å². The van der Waals surface area contributed by atoms with Crippen molar-refractivity contribution >= 4 is 0 Å². The lowest BCUT2D eigenvalue weighted by molar-refractivity contribution is -0.204. The van der Waals surface area contributed by atoms with Crippen LogP contribution in [0.25, 0.3) is 0 Å². The molecule has 7 heteroatoms. The SMILES string of the molecule is CCCCc1noc(CC(O)C(F)(F)F)n1. The van der Waals surface area contributed by atoms with Crippen LogP contribution in [-0.2, 0) is 12.8 Å². The fraction of sp³-hybridized carbons (Fsp3) is 0.778. The Morgan fingerprint density at radius 1 is 1.44 bits per heavy atom. The molecule has 0 aliphatic rings. The third kappa shape index (κ3) is 3.80. The molecule has 0 radical (unpaired) electrons. The van der Waals surface area contributed by atoms with Gasteiger partial charge in [-0.3, -0.25) is 0 Å². The van der Waals surface area contributed by atoms with E-state index in [1.54, 1.807) is 0 Å². The van der Waals surface area contributed by atoms with Crippen LogP contribution in [0.5, 0.6) is 0 Å². The Morgan fingerprint density at radius 2 is 2.12 bits per heavy atom. The molecule has 0 saturated carbocycles. The van der Waals surface area contributed by atoms with Gasteiger partial charge in [0.2, 0.25) is 5.89 Å². The molecular weight excluding hydrogens is 225 g/mol. The molecular formula is C9H13F3N2O2. The van der Waals surface area contributed by atoms with E-state index >= 15 is 0 Å². The van der Waals surface area contributed by atoms with Gasteiger partial charge in [-0.05, 0) is 6.42 Å². The number of hydrogen-bond acceptors (Lipinski definition) is 4. The van der Waals surface area contributed by atoms with Gasteiger partial charge in [0.15, 0.2) is 11.9 Å². The number of hydrogen-bond donors (Lipinski definition) is 1. The lowest BCUT2D eigenvalue weighted by Crippen LogP contribution is -2.30. The first-order valence-corrected chi connectivity index (χ1v) is 4.99. The van der Waals surface area contributed by atoms with Gasteiger partial charge >= 0.3 is 6.18 Å². The van der Waals surface area contributed by atoms with Crippen LogP contribution in [0.1, 0.15) is 31.5 Å². The molecule has 1 N–H and O–H groups in total. The highest BCUT2D eigenvalue weighted by atomic mass is 19.4. The van der Waals surface area contributed by atoms with Crippen LogP contribution >= 0.6 is 0 Å². The Hall–Kier alpha value is -1.11. The molecule has 4 nitrogen and oxygen atoms in total. The summed E-state index contributed by atoms with van der Waals surface area (Å²) in [4.78, 5) is 3.76. The molecule has 16 heavy (non-hydrogen) atoms. The van der Waals surface area contributed by atoms with Crippen LogP contribution < -0.4 is 0 Å². The van der Waals surface area contributed by atoms with Gasteiger partial charge < -0.3 is 9.63 Å². The van der Waals surface area contributed by atoms with Crippen molar-refractivity contribution in [3.05, 3.63) is 11.7 Å². The van der Waals surface area contributed by atoms with Gasteiger partial charge in [0.05, 0.1) is 6.42 Å². The maximum atomic E-state index is 12.0. The molecule has 1 atom stereocenters. The zero-order valence-electron chi connectivity index (χ0n) is 8.79. The lowest BCUT2D eigenvalue weighted by Gasteiger charge is -2.11. The Balaban J connectivity index is 2.52. The molecule has 0 aliphatic carbocycles. The number of rotatable bonds is 5. The second-order valence-electron chi connectivity index (χ2n) is 3.47. The normalized spacial score (nSPS) is 14.1. The smallest absolute Gasteiger partial charge is 0.383 e. The number of aryl methyl sites for hydroxylation is 1. The molecule has 92 valence electrons. The quantitative estimate of drug-likeness (QED) is 0.850. The van der Waals surface area contributed by atoms with Crippen molar-refractivity contribution in [2.24, 2.45) is 0 Å². The van der Waals surface area contributed by atoms with Gasteiger partial charge in [-0.2, -0.15) is 18.2 Å². The van der Waals surface area contributed by atoms with Crippen LogP contribution in [0.15, 0.2) is 4.52 Å². The predicted molar refractivity (Wildman–Crippen MR) is 48.7 cm³/mol. The first kappa shape index (κ1) is 13.0. The molecule has 0 aliphatic heterocycles. The van der Waals surface area contributed by atoms with Crippen molar-refractivity contribution in [3.8, 4) is 0 Å². The molecule has 1 unspecified atom stereocenters. The van der Waals surface area contributed by atoms with E-state index in [1.165, 1.54) is 0 Å². The highest BCUT2D eigenvalue weighted by Gasteiger charge is 2.39. The highest BCUT2D eigenvalue weighted by Crippen LogP contribution is 2.22. The van der Waals surface area contributed by atoms with Gasteiger partial charge in [-0.15, -0.1) is 0 Å². The summed E-state index contributed by atoms with van der Waals surface area (Å²) in [5.41, 5.74) is 0. The molecule has 0 saturated heterocycles. The van der Waals surface area contributed by atoms with E-state index < -0.39 is 18.7 Å². The van der Waals surface area contributed by atoms with Crippen LogP contribution in [-0.4, -0.2) is 27.5 Å². The molecule has 0 amide bonds. The molecule has 0 bridgehead atoms. The molecule has 1 aromatic heterocycles. The number of aliphatic hydroxyl groups excluding tert-OH is 1. The van der Waals surface area contributed by atoms with E-state index in [-0.39, 0.29) is 5.89 Å². The number of aliphatic hydroxyl groups is 1. The first-order valence-electron chi connectivity index (χ1n) is 4.99. The van der Waals surface area contributed by atoms with E-state index in [4.69, 9.17) is 5.11 Å². The number of unbranched alkanes of at least 4 members (excludes halogenated alkanes) is 1. The summed E-state index contributed by atoms with van der Waals surface area (Å²) in [6, 6.07) is 0. The molecule has 1 heterocycles. The topological polar surface area (TPSA) is 59.2 Å². The Bertz CT molecular complexity index is 325. The monoisotopic (exact) mass is 238 g/mol. The summed E-state index contributed by atoms with van der Waals surface area (Å²) in [6.07, 6.45) is -5.44. The summed E-state index contributed by atoms with van der Waals surface area (Å²) < 4.78 is 40.6. The van der Waals surface area contributed by atoms with Crippen molar-refractivity contribution in [2.45, 2.75) is 44.9 Å². The average Bonchev–Trinajstić information content (AvgIpc) is 2.61. The van der Waals surface area contributed by atoms with Crippen molar-refractivity contribution in [3.63, 3.8) is 0 Å². The Morgan fingerprint density at radius 3 is 2.69 bits per heavy atom. The largest absolute Gasteiger partial charge is 0.414 e. The maximum absolute atomic E-state index is 12.0. The standard InChI is InChI=1S/C9H13F3N2O2/c1-2-3-4-7-13-8(16-14-7)5-6(15)9(10,11)12/h6,15H,2-5H2,1H3. The van der Waals surface area contributed by atoms with Crippen molar-refractivity contribution in [2.75, 3.05) is 0 Å². The first-order chi connectivity index (χ1) is 7.43. The summed E-state index contributed by atoms with van der Waals surface area (Å²) in [6.45, 7) is 1.98. The maximum Gasteiger partial charge on any atom is 0.414 e. The van der Waals surface area contributed by atoms with Crippen molar-refractivity contribution in [1.29, 1.82) is 0 Å². The van der Waals surface area contributed by atoms with Gasteiger partial charge in [-0.1, -0.05) is 18.5 Å². The highest BCUT2D eigenvalue weighted by molar-refractivity contribution is 4.89. The second-order valence-corrected chi connectivity index (χ2v) is 3.47. The van der Waals surface area contributed by atoms with Crippen molar-refractivity contribution in [1.82, 2.24) is 10.1 Å². The number of alkyl halides is 3. The van der Waals surface area contributed by atoms with Crippen LogP contribution in [0.3, 0.4) is 0 Å². The van der Waals surface area contributed by atoms with Crippen LogP contribution in [0.2, 0.25) is 0 Å². The van der Waals surface area contributed by atoms with E-state index in [0.29, 0.717) is 12.2 Å². The van der Waals surface area contributed by atoms with Crippen LogP contribution in [0, 0.1) is 0 Å². The van der Waals surface area contributed by atoms with E-state index in [0.717, 1.165) is 12.8 Å². The van der Waals surface area contributed by atoms with E-state index in [1.807, 2.05) is 6.92 Å². The molecule has 0 spiro atoms. The minimum Gasteiger partial charge on any atom is -0.383 e. The summed E-state index contributed by atoms with van der Waals surface area (Å²) in [5.74, 6) is 0.196. The summed E-state index contributed by atoms with van der Waals surface area (Å²) >= 11 is 0. The Labute approximate surface area is 90.5 Å². The molecule has 0 aromatic carbocycles. The number of aromatic nitrogens is 2. The third-order valence-electron chi connectivity index (χ3n) is 2.01. The van der Waals surface area contributed by atoms with Gasteiger partial charge in [0.1, 0.15) is 0 Å². The third-order valence-corrected chi connectivity index (χ3v) is 2.01. The van der Waals surface area contributed by atoms with Crippen molar-refractivity contribution < 1.29 is 22.8 Å². The molecule has 1 rings (SSSR count). The minimum atomic E-state index is -4.65. The zero-order chi connectivity index (χ0) is 12.2. The number of nitrogens with zero attached hydrogens (tertiary/aromatic N) is 2. The van der Waals surface area contributed by atoms with E-state index in [9.17, 15) is 13.2 Å². The zero-order valence-corrected chi connectivity index (χ0v) is 8.79. The predicted octanol–water partition coefficient (Wildman–Crippen LogP) is 1.88. The average molecular weight is 238 g/mol. The Kier molecular flexibility index (Phi) is 4.28. The van der Waals surface area contributed by atoms with Gasteiger partial charge in [-0.25, -0.2) is 0 Å². The summed E-state index contributed by atoms with van der Waals surface area (Å²) in [5, 5.41) is 12.3. The minimum absolute atomic E-state index is 0.184. The number of halogens is 3. The van der Waals surface area contributed by atoms with Gasteiger partial charge in [0, 0.05) is 6.42 Å². The molecule has 0 fully saturated rings. The van der Waals surface area contributed by atoms with Gasteiger partial charge in [0.25, 0.3) is 0 Å². The fourth-order valence-corrected chi connectivity index (χ4v) is 1.09.